The van der Waals surface area contributed by atoms with Gasteiger partial charge in [0.1, 0.15) is 0 Å². The van der Waals surface area contributed by atoms with E-state index in [2.05, 4.69) is 17.1 Å². The van der Waals surface area contributed by atoms with Crippen LogP contribution in [-0.2, 0) is 12.8 Å². The summed E-state index contributed by atoms with van der Waals surface area (Å²) in [4.78, 5) is 30.0. The van der Waals surface area contributed by atoms with E-state index < -0.39 is 0 Å². The number of aromatic amines is 1. The number of carbonyl (C=O) groups excluding carboxylic acids is 1. The number of nitrogens with one attached hydrogen (secondary N) is 1. The molecule has 3 nitrogen and oxygen atoms in total. The van der Waals surface area contributed by atoms with Gasteiger partial charge < -0.3 is 4.98 Å². The molecule has 1 N–H and O–H groups in total. The Morgan fingerprint density at radius 2 is 1.55 bits per heavy atom. The number of carbonyl (C=O) groups is 1. The van der Waals surface area contributed by atoms with Crippen LogP contribution in [0.25, 0.3) is 10.9 Å². The summed E-state index contributed by atoms with van der Waals surface area (Å²) in [6.45, 7) is 3.99. The van der Waals surface area contributed by atoms with Gasteiger partial charge in [-0.25, -0.2) is 0 Å². The fourth-order valence-corrected chi connectivity index (χ4v) is 3.66. The highest BCUT2D eigenvalue weighted by Crippen LogP contribution is 2.19. The Kier molecular flexibility index (Phi) is 5.13. The molecule has 0 aliphatic heterocycles. The minimum Gasteiger partial charge on any atom is -0.358 e. The Morgan fingerprint density at radius 1 is 0.828 bits per heavy atom. The molecule has 0 radical (unpaired) electrons. The van der Waals surface area contributed by atoms with Gasteiger partial charge in [-0.05, 0) is 61.6 Å². The number of para-hydroxylation sites is 1. The maximum atomic E-state index is 13.4. The SMILES string of the molecule is Cc1ccc(C(=O)c2c(CCc3ccccc3)[nH]c3ccccc3c2=O)cc1C. The van der Waals surface area contributed by atoms with Crippen LogP contribution in [0, 0.1) is 13.8 Å². The van der Waals surface area contributed by atoms with E-state index >= 15 is 0 Å². The number of H-pyrrole nitrogens is 1. The first-order chi connectivity index (χ1) is 14.0. The minimum absolute atomic E-state index is 0.203. The van der Waals surface area contributed by atoms with E-state index in [0.717, 1.165) is 23.1 Å². The third-order valence-corrected chi connectivity index (χ3v) is 5.49. The summed E-state index contributed by atoms with van der Waals surface area (Å²) in [5.41, 5.74) is 5.39. The van der Waals surface area contributed by atoms with Crippen LogP contribution < -0.4 is 5.43 Å². The monoisotopic (exact) mass is 381 g/mol. The predicted molar refractivity (Wildman–Crippen MR) is 118 cm³/mol. The highest BCUT2D eigenvalue weighted by atomic mass is 16.1. The smallest absolute Gasteiger partial charge is 0.200 e. The second-order valence-corrected chi connectivity index (χ2v) is 7.47. The van der Waals surface area contributed by atoms with Gasteiger partial charge in [-0.15, -0.1) is 0 Å². The molecule has 3 heteroatoms. The second-order valence-electron chi connectivity index (χ2n) is 7.47. The van der Waals surface area contributed by atoms with Gasteiger partial charge in [-0.1, -0.05) is 54.6 Å². The lowest BCUT2D eigenvalue weighted by Crippen LogP contribution is -2.21. The van der Waals surface area contributed by atoms with Gasteiger partial charge in [-0.3, -0.25) is 9.59 Å². The van der Waals surface area contributed by atoms with E-state index in [4.69, 9.17) is 0 Å². The van der Waals surface area contributed by atoms with Crippen LogP contribution in [0.3, 0.4) is 0 Å². The zero-order valence-electron chi connectivity index (χ0n) is 16.7. The van der Waals surface area contributed by atoms with Gasteiger partial charge >= 0.3 is 0 Å². The van der Waals surface area contributed by atoms with Crippen molar-refractivity contribution in [3.8, 4) is 0 Å². The molecule has 0 atom stereocenters. The first-order valence-electron chi connectivity index (χ1n) is 9.84. The molecule has 1 aromatic heterocycles. The Bertz CT molecular complexity index is 1250. The standard InChI is InChI=1S/C26H23NO2/c1-17-12-14-20(16-18(17)2)25(28)24-23(15-13-19-8-4-3-5-9-19)27-22-11-7-6-10-21(22)26(24)29/h3-12,14,16H,13,15H2,1-2H3,(H,27,29). The first kappa shape index (κ1) is 18.9. The summed E-state index contributed by atoms with van der Waals surface area (Å²) in [5, 5.41) is 0.545. The molecule has 144 valence electrons. The first-order valence-corrected chi connectivity index (χ1v) is 9.84. The fourth-order valence-electron chi connectivity index (χ4n) is 3.66. The zero-order chi connectivity index (χ0) is 20.4. The van der Waals surface area contributed by atoms with Crippen molar-refractivity contribution in [2.24, 2.45) is 0 Å². The molecule has 0 unspecified atom stereocenters. The molecule has 0 aliphatic carbocycles. The van der Waals surface area contributed by atoms with Crippen LogP contribution >= 0.6 is 0 Å². The third-order valence-electron chi connectivity index (χ3n) is 5.49. The van der Waals surface area contributed by atoms with Gasteiger partial charge in [0.15, 0.2) is 5.78 Å². The lowest BCUT2D eigenvalue weighted by Gasteiger charge is -2.12. The molecular formula is C26H23NO2. The van der Waals surface area contributed by atoms with Crippen LogP contribution in [0.2, 0.25) is 0 Å². The summed E-state index contributed by atoms with van der Waals surface area (Å²) in [6.07, 6.45) is 1.35. The molecule has 0 aliphatic rings. The van der Waals surface area contributed by atoms with E-state index in [0.29, 0.717) is 23.1 Å². The van der Waals surface area contributed by atoms with Crippen LogP contribution in [0.15, 0.2) is 77.6 Å². The van der Waals surface area contributed by atoms with Crippen molar-refractivity contribution < 1.29 is 4.79 Å². The maximum Gasteiger partial charge on any atom is 0.200 e. The summed E-state index contributed by atoms with van der Waals surface area (Å²) in [5.74, 6) is -0.219. The molecule has 0 amide bonds. The molecular weight excluding hydrogens is 358 g/mol. The molecule has 0 bridgehead atoms. The number of fused-ring (bicyclic) bond motifs is 1. The van der Waals surface area contributed by atoms with E-state index in [9.17, 15) is 9.59 Å². The Balaban J connectivity index is 1.83. The molecule has 3 aromatic carbocycles. The number of hydrogen-bond donors (Lipinski definition) is 1. The average molecular weight is 381 g/mol. The van der Waals surface area contributed by atoms with Crippen molar-refractivity contribution in [3.05, 3.63) is 117 Å². The van der Waals surface area contributed by atoms with E-state index in [1.54, 1.807) is 12.1 Å². The van der Waals surface area contributed by atoms with Crippen molar-refractivity contribution in [1.82, 2.24) is 4.98 Å². The van der Waals surface area contributed by atoms with Crippen LogP contribution in [0.1, 0.15) is 38.3 Å². The maximum absolute atomic E-state index is 13.4. The lowest BCUT2D eigenvalue weighted by atomic mass is 9.94. The van der Waals surface area contributed by atoms with E-state index in [1.807, 2.05) is 62.4 Å². The molecule has 4 rings (SSSR count). The van der Waals surface area contributed by atoms with Crippen molar-refractivity contribution in [2.45, 2.75) is 26.7 Å². The Morgan fingerprint density at radius 3 is 2.31 bits per heavy atom. The molecule has 0 saturated heterocycles. The van der Waals surface area contributed by atoms with Gasteiger partial charge in [-0.2, -0.15) is 0 Å². The average Bonchev–Trinajstić information content (AvgIpc) is 2.74. The fraction of sp³-hybridized carbons (Fsp3) is 0.154. The number of ketones is 1. The summed E-state index contributed by atoms with van der Waals surface area (Å²) in [6, 6.07) is 23.1. The Hall–Kier alpha value is -3.46. The molecule has 4 aromatic rings. The quantitative estimate of drug-likeness (QED) is 0.485. The van der Waals surface area contributed by atoms with Crippen LogP contribution in [-0.4, -0.2) is 10.8 Å². The third kappa shape index (κ3) is 3.77. The van der Waals surface area contributed by atoms with E-state index in [1.165, 1.54) is 5.56 Å². The van der Waals surface area contributed by atoms with Crippen molar-refractivity contribution in [3.63, 3.8) is 0 Å². The largest absolute Gasteiger partial charge is 0.358 e. The van der Waals surface area contributed by atoms with Crippen LogP contribution in [0.5, 0.6) is 0 Å². The summed E-state index contributed by atoms with van der Waals surface area (Å²) < 4.78 is 0. The number of rotatable bonds is 5. The number of pyridine rings is 1. The van der Waals surface area contributed by atoms with Crippen molar-refractivity contribution in [1.29, 1.82) is 0 Å². The summed E-state index contributed by atoms with van der Waals surface area (Å²) in [7, 11) is 0. The predicted octanol–water partition coefficient (Wildman–Crippen LogP) is 5.16. The lowest BCUT2D eigenvalue weighted by molar-refractivity contribution is 0.103. The minimum atomic E-state index is -0.219. The number of hydrogen-bond acceptors (Lipinski definition) is 2. The normalized spacial score (nSPS) is 11.0. The van der Waals surface area contributed by atoms with Crippen molar-refractivity contribution >= 4 is 16.7 Å². The van der Waals surface area contributed by atoms with Crippen molar-refractivity contribution in [2.75, 3.05) is 0 Å². The van der Waals surface area contributed by atoms with Crippen LogP contribution in [0.4, 0.5) is 0 Å². The second kappa shape index (κ2) is 7.88. The molecule has 29 heavy (non-hydrogen) atoms. The van der Waals surface area contributed by atoms with E-state index in [-0.39, 0.29) is 16.8 Å². The Labute approximate surface area is 170 Å². The molecule has 0 spiro atoms. The van der Waals surface area contributed by atoms with Gasteiger partial charge in [0.05, 0.1) is 5.56 Å². The molecule has 0 fully saturated rings. The zero-order valence-corrected chi connectivity index (χ0v) is 16.7. The van der Waals surface area contributed by atoms with Gasteiger partial charge in [0, 0.05) is 22.2 Å². The molecule has 1 heterocycles. The highest BCUT2D eigenvalue weighted by molar-refractivity contribution is 6.11. The number of benzene rings is 3. The van der Waals surface area contributed by atoms with Gasteiger partial charge in [0.2, 0.25) is 5.43 Å². The molecule has 0 saturated carbocycles. The number of aryl methyl sites for hydroxylation is 4. The number of aromatic nitrogens is 1. The highest BCUT2D eigenvalue weighted by Gasteiger charge is 2.20. The topological polar surface area (TPSA) is 49.9 Å². The van der Waals surface area contributed by atoms with Gasteiger partial charge in [0.25, 0.3) is 0 Å². The summed E-state index contributed by atoms with van der Waals surface area (Å²) >= 11 is 0.